The third-order valence-corrected chi connectivity index (χ3v) is 3.32. The maximum atomic E-state index is 11.5. The first kappa shape index (κ1) is 15.2. The highest BCUT2D eigenvalue weighted by Crippen LogP contribution is 2.21. The molecule has 0 radical (unpaired) electrons. The molecule has 0 aliphatic carbocycles. The molecule has 16 heavy (non-hydrogen) atoms. The van der Waals surface area contributed by atoms with Gasteiger partial charge in [0, 0.05) is 5.75 Å². The number of rotatable bonds is 6. The number of ether oxygens (including phenoxy) is 1. The minimum absolute atomic E-state index is 0.0502. The number of thioether (sulfide) groups is 1. The average molecular weight is 244 g/mol. The number of hydrogen-bond acceptors (Lipinski definition) is 4. The van der Waals surface area contributed by atoms with E-state index in [4.69, 9.17) is 4.74 Å². The van der Waals surface area contributed by atoms with Crippen LogP contribution in [-0.2, 0) is 14.3 Å². The maximum Gasteiger partial charge on any atom is 0.311 e. The van der Waals surface area contributed by atoms with Crippen LogP contribution in [0.5, 0.6) is 0 Å². The lowest BCUT2D eigenvalue weighted by Gasteiger charge is -2.20. The van der Waals surface area contributed by atoms with Crippen LogP contribution in [-0.4, -0.2) is 23.4 Å². The van der Waals surface area contributed by atoms with E-state index in [1.54, 1.807) is 6.92 Å². The van der Waals surface area contributed by atoms with Gasteiger partial charge in [-0.15, -0.1) is 0 Å². The van der Waals surface area contributed by atoms with Crippen LogP contribution < -0.4 is 0 Å². The normalized spacial score (nSPS) is 11.0. The summed E-state index contributed by atoms with van der Waals surface area (Å²) in [5.74, 6) is 0.274. The molecule has 0 aliphatic rings. The minimum Gasteiger partial charge on any atom is -0.464 e. The van der Waals surface area contributed by atoms with Gasteiger partial charge in [-0.3, -0.25) is 9.59 Å². The molecule has 0 aromatic carbocycles. The predicted octanol–water partition coefficient (Wildman–Crippen LogP) is 2.80. The van der Waals surface area contributed by atoms with Gasteiger partial charge in [-0.1, -0.05) is 25.3 Å². The standard InChI is InChI=1S/C12H20O3S/c1-6-12(4,5)11(14)15-7-8-16-10(13)9(2)3/h2,6-8H2,1,3-5H3. The fourth-order valence-electron chi connectivity index (χ4n) is 0.732. The largest absolute Gasteiger partial charge is 0.464 e. The minimum atomic E-state index is -0.441. The zero-order valence-electron chi connectivity index (χ0n) is 10.5. The van der Waals surface area contributed by atoms with Crippen molar-refractivity contribution in [1.82, 2.24) is 0 Å². The highest BCUT2D eigenvalue weighted by atomic mass is 32.2. The maximum absolute atomic E-state index is 11.5. The van der Waals surface area contributed by atoms with Gasteiger partial charge < -0.3 is 4.74 Å². The number of carbonyl (C=O) groups is 2. The summed E-state index contributed by atoms with van der Waals surface area (Å²) in [4.78, 5) is 22.7. The molecule has 92 valence electrons. The van der Waals surface area contributed by atoms with Gasteiger partial charge in [0.15, 0.2) is 0 Å². The van der Waals surface area contributed by atoms with E-state index < -0.39 is 5.41 Å². The summed E-state index contributed by atoms with van der Waals surface area (Å²) in [7, 11) is 0. The number of esters is 1. The van der Waals surface area contributed by atoms with Crippen LogP contribution in [0.4, 0.5) is 0 Å². The molecule has 0 heterocycles. The van der Waals surface area contributed by atoms with Crippen molar-refractivity contribution < 1.29 is 14.3 Å². The van der Waals surface area contributed by atoms with Crippen LogP contribution in [0.2, 0.25) is 0 Å². The summed E-state index contributed by atoms with van der Waals surface area (Å²) in [6.07, 6.45) is 0.740. The van der Waals surface area contributed by atoms with Gasteiger partial charge in [0.25, 0.3) is 0 Å². The van der Waals surface area contributed by atoms with Crippen molar-refractivity contribution in [2.75, 3.05) is 12.4 Å². The second-order valence-corrected chi connectivity index (χ2v) is 5.36. The Morgan fingerprint density at radius 1 is 1.38 bits per heavy atom. The molecule has 4 heteroatoms. The SMILES string of the molecule is C=C(C)C(=O)SCCOC(=O)C(C)(C)CC. The Kier molecular flexibility index (Phi) is 6.41. The van der Waals surface area contributed by atoms with Gasteiger partial charge in [0.2, 0.25) is 5.12 Å². The van der Waals surface area contributed by atoms with Crippen molar-refractivity contribution >= 4 is 22.8 Å². The predicted molar refractivity (Wildman–Crippen MR) is 67.3 cm³/mol. The van der Waals surface area contributed by atoms with E-state index in [0.717, 1.165) is 18.2 Å². The van der Waals surface area contributed by atoms with Gasteiger partial charge in [-0.25, -0.2) is 0 Å². The molecule has 0 atom stereocenters. The monoisotopic (exact) mass is 244 g/mol. The van der Waals surface area contributed by atoms with Crippen molar-refractivity contribution in [2.24, 2.45) is 5.41 Å². The summed E-state index contributed by atoms with van der Waals surface area (Å²) in [6.45, 7) is 11.1. The lowest BCUT2D eigenvalue weighted by molar-refractivity contribution is -0.153. The summed E-state index contributed by atoms with van der Waals surface area (Å²) >= 11 is 1.13. The molecule has 0 aliphatic heterocycles. The molecule has 0 saturated carbocycles. The molecule has 0 N–H and O–H groups in total. The van der Waals surface area contributed by atoms with E-state index >= 15 is 0 Å². The molecule has 0 rings (SSSR count). The molecule has 0 bridgehead atoms. The Balaban J connectivity index is 3.80. The van der Waals surface area contributed by atoms with Crippen LogP contribution in [0, 0.1) is 5.41 Å². The van der Waals surface area contributed by atoms with Crippen molar-refractivity contribution in [1.29, 1.82) is 0 Å². The van der Waals surface area contributed by atoms with Crippen molar-refractivity contribution in [3.05, 3.63) is 12.2 Å². The summed E-state index contributed by atoms with van der Waals surface area (Å²) in [6, 6.07) is 0. The first-order valence-electron chi connectivity index (χ1n) is 5.31. The van der Waals surface area contributed by atoms with Crippen molar-refractivity contribution in [3.63, 3.8) is 0 Å². The Bertz CT molecular complexity index is 282. The molecule has 0 unspecified atom stereocenters. The molecule has 0 saturated heterocycles. The number of carbonyl (C=O) groups excluding carboxylic acids is 2. The van der Waals surface area contributed by atoms with Gasteiger partial charge in [0.05, 0.1) is 5.41 Å². The highest BCUT2D eigenvalue weighted by molar-refractivity contribution is 8.14. The van der Waals surface area contributed by atoms with Gasteiger partial charge in [-0.05, 0) is 32.8 Å². The first-order chi connectivity index (χ1) is 7.31. The van der Waals surface area contributed by atoms with E-state index in [9.17, 15) is 9.59 Å². The van der Waals surface area contributed by atoms with Crippen molar-refractivity contribution in [3.8, 4) is 0 Å². The van der Waals surface area contributed by atoms with Crippen LogP contribution in [0.15, 0.2) is 12.2 Å². The Morgan fingerprint density at radius 2 is 1.94 bits per heavy atom. The van der Waals surface area contributed by atoms with Crippen LogP contribution in [0.1, 0.15) is 34.1 Å². The van der Waals surface area contributed by atoms with Crippen LogP contribution in [0.3, 0.4) is 0 Å². The molecule has 0 aromatic rings. The van der Waals surface area contributed by atoms with E-state index in [2.05, 4.69) is 6.58 Å². The van der Waals surface area contributed by atoms with E-state index in [0.29, 0.717) is 11.3 Å². The Hall–Kier alpha value is -0.770. The lowest BCUT2D eigenvalue weighted by Crippen LogP contribution is -2.26. The molecule has 0 aromatic heterocycles. The Morgan fingerprint density at radius 3 is 2.38 bits per heavy atom. The molecular weight excluding hydrogens is 224 g/mol. The lowest BCUT2D eigenvalue weighted by atomic mass is 9.91. The second-order valence-electron chi connectivity index (χ2n) is 4.29. The number of hydrogen-bond donors (Lipinski definition) is 0. The van der Waals surface area contributed by atoms with Gasteiger partial charge in [-0.2, -0.15) is 0 Å². The molecule has 3 nitrogen and oxygen atoms in total. The molecular formula is C12H20O3S. The summed E-state index contributed by atoms with van der Waals surface area (Å²) in [5.41, 5.74) is 0.0773. The van der Waals surface area contributed by atoms with Crippen LogP contribution in [0.25, 0.3) is 0 Å². The molecule has 0 spiro atoms. The molecule has 0 fully saturated rings. The average Bonchev–Trinajstić information content (AvgIpc) is 2.23. The third kappa shape index (κ3) is 5.35. The topological polar surface area (TPSA) is 43.4 Å². The van der Waals surface area contributed by atoms with Gasteiger partial charge >= 0.3 is 5.97 Å². The van der Waals surface area contributed by atoms with E-state index in [1.807, 2.05) is 20.8 Å². The smallest absolute Gasteiger partial charge is 0.311 e. The fourth-order valence-corrected chi connectivity index (χ4v) is 1.33. The van der Waals surface area contributed by atoms with E-state index in [1.165, 1.54) is 0 Å². The third-order valence-electron chi connectivity index (χ3n) is 2.33. The Labute approximate surface area is 102 Å². The quantitative estimate of drug-likeness (QED) is 0.409. The molecule has 0 amide bonds. The van der Waals surface area contributed by atoms with Crippen molar-refractivity contribution in [2.45, 2.75) is 34.1 Å². The van der Waals surface area contributed by atoms with Crippen LogP contribution >= 0.6 is 11.8 Å². The van der Waals surface area contributed by atoms with Gasteiger partial charge in [0.1, 0.15) is 6.61 Å². The zero-order chi connectivity index (χ0) is 12.8. The summed E-state index contributed by atoms with van der Waals surface area (Å²) < 4.78 is 5.09. The highest BCUT2D eigenvalue weighted by Gasteiger charge is 2.26. The first-order valence-corrected chi connectivity index (χ1v) is 6.29. The summed E-state index contributed by atoms with van der Waals surface area (Å²) in [5, 5.41) is -0.0502. The fraction of sp³-hybridized carbons (Fsp3) is 0.667. The van der Waals surface area contributed by atoms with E-state index in [-0.39, 0.29) is 17.7 Å². The zero-order valence-corrected chi connectivity index (χ0v) is 11.3. The second kappa shape index (κ2) is 6.74.